The van der Waals surface area contributed by atoms with Gasteiger partial charge in [-0.15, -0.1) is 23.4 Å². The largest absolute Gasteiger partial charge is 0.350 e. The zero-order valence-electron chi connectivity index (χ0n) is 10.4. The van der Waals surface area contributed by atoms with Crippen LogP contribution in [0.4, 0.5) is 4.39 Å². The highest BCUT2D eigenvalue weighted by Crippen LogP contribution is 2.20. The van der Waals surface area contributed by atoms with E-state index in [9.17, 15) is 17.6 Å². The summed E-state index contributed by atoms with van der Waals surface area (Å²) in [5.74, 6) is -0.711. The molecule has 0 unspecified atom stereocenters. The Morgan fingerprint density at radius 1 is 1.35 bits per heavy atom. The molecule has 8 heteroatoms. The summed E-state index contributed by atoms with van der Waals surface area (Å²) in [6.07, 6.45) is 0. The average Bonchev–Trinajstić information content (AvgIpc) is 2.61. The first kappa shape index (κ1) is 15.6. The van der Waals surface area contributed by atoms with Crippen molar-refractivity contribution < 1.29 is 17.6 Å². The molecule has 0 radical (unpaired) electrons. The number of rotatable bonds is 4. The van der Waals surface area contributed by atoms with Crippen LogP contribution in [0.1, 0.15) is 0 Å². The van der Waals surface area contributed by atoms with Crippen LogP contribution in [0.5, 0.6) is 0 Å². The summed E-state index contributed by atoms with van der Waals surface area (Å²) in [6.45, 7) is 0. The Bertz CT molecular complexity index is 591. The third-order valence-corrected chi connectivity index (χ3v) is 6.20. The monoisotopic (exact) mass is 337 g/mol. The van der Waals surface area contributed by atoms with Crippen LogP contribution in [-0.2, 0) is 14.6 Å². The molecule has 1 aromatic carbocycles. The molecule has 20 heavy (non-hydrogen) atoms. The molecule has 1 N–H and O–H groups in total. The number of carbonyl (C=O) groups excluding carboxylic acids is 1. The van der Waals surface area contributed by atoms with E-state index in [4.69, 9.17) is 11.6 Å². The van der Waals surface area contributed by atoms with Crippen LogP contribution >= 0.6 is 23.4 Å². The standard InChI is InChI=1S/C12H13ClFNO3S2/c13-10-6-20(17,18)7-11(10)15-12(16)5-19-9-3-1-8(14)2-4-9/h1-4,10-11H,5-7H2,(H,15,16)/t10-,11-/m1/s1. The number of sulfone groups is 1. The molecule has 0 aliphatic carbocycles. The van der Waals surface area contributed by atoms with Crippen molar-refractivity contribution in [1.82, 2.24) is 5.32 Å². The number of alkyl halides is 1. The third-order valence-electron chi connectivity index (χ3n) is 2.81. The predicted octanol–water partition coefficient (Wildman–Crippen LogP) is 1.44. The first-order valence-corrected chi connectivity index (χ1v) is 9.12. The summed E-state index contributed by atoms with van der Waals surface area (Å²) < 4.78 is 35.4. The maximum atomic E-state index is 12.7. The van der Waals surface area contributed by atoms with Crippen LogP contribution in [0.3, 0.4) is 0 Å². The van der Waals surface area contributed by atoms with E-state index >= 15 is 0 Å². The molecule has 2 atom stereocenters. The highest BCUT2D eigenvalue weighted by atomic mass is 35.5. The first-order valence-electron chi connectivity index (χ1n) is 5.88. The van der Waals surface area contributed by atoms with Gasteiger partial charge in [0.25, 0.3) is 0 Å². The number of amides is 1. The molecule has 0 aromatic heterocycles. The van der Waals surface area contributed by atoms with Gasteiger partial charge in [-0.05, 0) is 24.3 Å². The number of benzene rings is 1. The Morgan fingerprint density at radius 3 is 2.55 bits per heavy atom. The second kappa shape index (κ2) is 6.32. The van der Waals surface area contributed by atoms with Crippen LogP contribution in [0.15, 0.2) is 29.2 Å². The number of hydrogen-bond acceptors (Lipinski definition) is 4. The summed E-state index contributed by atoms with van der Waals surface area (Å²) in [5, 5.41) is 2.04. The van der Waals surface area contributed by atoms with Crippen molar-refractivity contribution in [1.29, 1.82) is 0 Å². The fourth-order valence-electron chi connectivity index (χ4n) is 1.87. The number of hydrogen-bond donors (Lipinski definition) is 1. The van der Waals surface area contributed by atoms with Gasteiger partial charge in [0, 0.05) is 4.90 Å². The highest BCUT2D eigenvalue weighted by molar-refractivity contribution is 8.00. The molecule has 4 nitrogen and oxygen atoms in total. The van der Waals surface area contributed by atoms with Crippen molar-refractivity contribution >= 4 is 39.1 Å². The van der Waals surface area contributed by atoms with Crippen molar-refractivity contribution in [2.75, 3.05) is 17.3 Å². The van der Waals surface area contributed by atoms with E-state index in [1.54, 1.807) is 12.1 Å². The Balaban J connectivity index is 1.83. The smallest absolute Gasteiger partial charge is 0.230 e. The quantitative estimate of drug-likeness (QED) is 0.667. The lowest BCUT2D eigenvalue weighted by atomic mass is 10.2. The lowest BCUT2D eigenvalue weighted by Crippen LogP contribution is -2.41. The molecule has 1 fully saturated rings. The summed E-state index contributed by atoms with van der Waals surface area (Å²) in [4.78, 5) is 12.5. The maximum absolute atomic E-state index is 12.7. The maximum Gasteiger partial charge on any atom is 0.230 e. The van der Waals surface area contributed by atoms with Gasteiger partial charge >= 0.3 is 0 Å². The number of nitrogens with one attached hydrogen (secondary N) is 1. The minimum absolute atomic E-state index is 0.107. The molecular weight excluding hydrogens is 325 g/mol. The minimum Gasteiger partial charge on any atom is -0.350 e. The Hall–Kier alpha value is -0.790. The van der Waals surface area contributed by atoms with Crippen LogP contribution in [0.25, 0.3) is 0 Å². The molecule has 0 saturated carbocycles. The third kappa shape index (κ3) is 4.36. The van der Waals surface area contributed by atoms with E-state index in [0.717, 1.165) is 4.90 Å². The van der Waals surface area contributed by atoms with Crippen molar-refractivity contribution in [3.05, 3.63) is 30.1 Å². The summed E-state index contributed by atoms with van der Waals surface area (Å²) in [5.41, 5.74) is 0. The molecule has 1 aliphatic heterocycles. The zero-order chi connectivity index (χ0) is 14.8. The Kier molecular flexibility index (Phi) is 4.93. The number of halogens is 2. The molecule has 1 amide bonds. The van der Waals surface area contributed by atoms with Gasteiger partial charge in [0.05, 0.1) is 28.7 Å². The second-order valence-corrected chi connectivity index (χ2v) is 8.27. The molecule has 2 rings (SSSR count). The Labute approximate surface area is 126 Å². The molecular formula is C12H13ClFNO3S2. The Morgan fingerprint density at radius 2 is 2.00 bits per heavy atom. The number of carbonyl (C=O) groups is 1. The average molecular weight is 338 g/mol. The van der Waals surface area contributed by atoms with Gasteiger partial charge in [0.2, 0.25) is 5.91 Å². The molecule has 1 saturated heterocycles. The van der Waals surface area contributed by atoms with Crippen LogP contribution in [-0.4, -0.2) is 43.0 Å². The fraction of sp³-hybridized carbons (Fsp3) is 0.417. The summed E-state index contributed by atoms with van der Waals surface area (Å²) in [6, 6.07) is 5.26. The SMILES string of the molecule is O=C(CSc1ccc(F)cc1)N[C@@H]1CS(=O)(=O)C[C@H]1Cl. The van der Waals surface area contributed by atoms with E-state index in [1.807, 2.05) is 0 Å². The zero-order valence-corrected chi connectivity index (χ0v) is 12.8. The van der Waals surface area contributed by atoms with Crippen LogP contribution < -0.4 is 5.32 Å². The van der Waals surface area contributed by atoms with E-state index in [0.29, 0.717) is 0 Å². The van der Waals surface area contributed by atoms with E-state index in [1.165, 1.54) is 23.9 Å². The van der Waals surface area contributed by atoms with Gasteiger partial charge in [-0.25, -0.2) is 12.8 Å². The second-order valence-electron chi connectivity index (χ2n) is 4.51. The summed E-state index contributed by atoms with van der Waals surface area (Å²) in [7, 11) is -3.16. The van der Waals surface area contributed by atoms with E-state index < -0.39 is 21.3 Å². The van der Waals surface area contributed by atoms with Crippen molar-refractivity contribution in [2.24, 2.45) is 0 Å². The van der Waals surface area contributed by atoms with Crippen LogP contribution in [0, 0.1) is 5.82 Å². The van der Waals surface area contributed by atoms with Gasteiger partial charge in [0.1, 0.15) is 5.82 Å². The molecule has 0 bridgehead atoms. The first-order chi connectivity index (χ1) is 9.35. The van der Waals surface area contributed by atoms with Gasteiger partial charge in [-0.3, -0.25) is 4.79 Å². The normalized spacial score (nSPS) is 24.5. The van der Waals surface area contributed by atoms with Crippen molar-refractivity contribution in [3.63, 3.8) is 0 Å². The van der Waals surface area contributed by atoms with Gasteiger partial charge in [0.15, 0.2) is 9.84 Å². The van der Waals surface area contributed by atoms with Crippen molar-refractivity contribution in [3.8, 4) is 0 Å². The topological polar surface area (TPSA) is 63.2 Å². The predicted molar refractivity (Wildman–Crippen MR) is 77.3 cm³/mol. The molecule has 1 aromatic rings. The van der Waals surface area contributed by atoms with Gasteiger partial charge in [-0.1, -0.05) is 0 Å². The lowest BCUT2D eigenvalue weighted by molar-refractivity contribution is -0.119. The molecule has 1 heterocycles. The fourth-order valence-corrected chi connectivity index (χ4v) is 5.12. The van der Waals surface area contributed by atoms with E-state index in [-0.39, 0.29) is 29.0 Å². The van der Waals surface area contributed by atoms with E-state index in [2.05, 4.69) is 5.32 Å². The molecule has 0 spiro atoms. The minimum atomic E-state index is -3.16. The van der Waals surface area contributed by atoms with Crippen LogP contribution in [0.2, 0.25) is 0 Å². The van der Waals surface area contributed by atoms with Gasteiger partial charge in [-0.2, -0.15) is 0 Å². The van der Waals surface area contributed by atoms with Gasteiger partial charge < -0.3 is 5.32 Å². The number of thioether (sulfide) groups is 1. The summed E-state index contributed by atoms with van der Waals surface area (Å²) >= 11 is 7.15. The molecule has 110 valence electrons. The van der Waals surface area contributed by atoms with Crippen molar-refractivity contribution in [2.45, 2.75) is 16.3 Å². The lowest BCUT2D eigenvalue weighted by Gasteiger charge is -2.14. The highest BCUT2D eigenvalue weighted by Gasteiger charge is 2.37. The molecule has 1 aliphatic rings.